The molecule has 2 unspecified atom stereocenters. The van der Waals surface area contributed by atoms with Crippen LogP contribution in [0.15, 0.2) is 0 Å². The van der Waals surface area contributed by atoms with Crippen molar-refractivity contribution in [1.82, 2.24) is 5.06 Å². The van der Waals surface area contributed by atoms with E-state index < -0.39 is 18.4 Å². The first-order chi connectivity index (χ1) is 7.02. The fourth-order valence-electron chi connectivity index (χ4n) is 0.954. The van der Waals surface area contributed by atoms with Gasteiger partial charge in [-0.2, -0.15) is 0 Å². The summed E-state index contributed by atoms with van der Waals surface area (Å²) >= 11 is 0. The van der Waals surface area contributed by atoms with Crippen LogP contribution in [0.3, 0.4) is 0 Å². The van der Waals surface area contributed by atoms with Crippen molar-refractivity contribution in [3.63, 3.8) is 0 Å². The molecule has 2 atom stereocenters. The summed E-state index contributed by atoms with van der Waals surface area (Å²) < 4.78 is 0. The minimum absolute atomic E-state index is 0.0736. The number of carbonyl (C=O) groups excluding carboxylic acids is 1. The van der Waals surface area contributed by atoms with Gasteiger partial charge in [0, 0.05) is 33.0 Å². The van der Waals surface area contributed by atoms with E-state index in [9.17, 15) is 15.0 Å². The molecule has 15 heavy (non-hydrogen) atoms. The molecule has 0 fully saturated rings. The molecule has 0 aromatic heterocycles. The SMILES string of the molecule is CC(=O)ON(C(O)CCO)C(O)CCO. The summed E-state index contributed by atoms with van der Waals surface area (Å²) in [6.07, 6.45) is -2.76. The van der Waals surface area contributed by atoms with E-state index in [1.807, 2.05) is 0 Å². The maximum atomic E-state index is 10.7. The summed E-state index contributed by atoms with van der Waals surface area (Å²) in [4.78, 5) is 15.2. The smallest absolute Gasteiger partial charge is 0.322 e. The normalized spacial score (nSPS) is 15.1. The van der Waals surface area contributed by atoms with Crippen LogP contribution in [0.4, 0.5) is 0 Å². The molecule has 0 aromatic rings. The number of aliphatic hydroxyl groups is 4. The van der Waals surface area contributed by atoms with Gasteiger partial charge in [-0.25, -0.2) is 0 Å². The van der Waals surface area contributed by atoms with Crippen LogP contribution < -0.4 is 0 Å². The predicted molar refractivity (Wildman–Crippen MR) is 49.0 cm³/mol. The van der Waals surface area contributed by atoms with Crippen molar-refractivity contribution in [2.45, 2.75) is 32.2 Å². The van der Waals surface area contributed by atoms with E-state index in [-0.39, 0.29) is 26.1 Å². The summed E-state index contributed by atoms with van der Waals surface area (Å²) in [5, 5.41) is 36.6. The van der Waals surface area contributed by atoms with Gasteiger partial charge in [0.2, 0.25) is 0 Å². The quantitative estimate of drug-likeness (QED) is 0.297. The average Bonchev–Trinajstić information content (AvgIpc) is 2.14. The van der Waals surface area contributed by atoms with Crippen LogP contribution in [-0.4, -0.2) is 57.1 Å². The molecule has 0 aromatic carbocycles. The van der Waals surface area contributed by atoms with E-state index in [4.69, 9.17) is 10.2 Å². The van der Waals surface area contributed by atoms with Gasteiger partial charge in [0.05, 0.1) is 0 Å². The van der Waals surface area contributed by atoms with E-state index in [0.717, 1.165) is 6.92 Å². The highest BCUT2D eigenvalue weighted by Gasteiger charge is 2.25. The Morgan fingerprint density at radius 1 is 1.20 bits per heavy atom. The highest BCUT2D eigenvalue weighted by Crippen LogP contribution is 2.09. The molecule has 90 valence electrons. The van der Waals surface area contributed by atoms with Crippen molar-refractivity contribution in [2.24, 2.45) is 0 Å². The van der Waals surface area contributed by atoms with Gasteiger partial charge in [0.1, 0.15) is 12.5 Å². The third-order valence-corrected chi connectivity index (χ3v) is 1.60. The molecule has 0 saturated heterocycles. The van der Waals surface area contributed by atoms with Crippen molar-refractivity contribution in [2.75, 3.05) is 13.2 Å². The molecule has 0 aliphatic carbocycles. The second-order valence-corrected chi connectivity index (χ2v) is 2.93. The summed E-state index contributed by atoms with van der Waals surface area (Å²) in [7, 11) is 0. The molecule has 0 radical (unpaired) electrons. The molecule has 0 rings (SSSR count). The summed E-state index contributed by atoms with van der Waals surface area (Å²) in [6, 6.07) is 0. The monoisotopic (exact) mass is 223 g/mol. The van der Waals surface area contributed by atoms with Crippen LogP contribution in [0, 0.1) is 0 Å². The molecule has 0 saturated carbocycles. The van der Waals surface area contributed by atoms with Crippen LogP contribution in [-0.2, 0) is 9.63 Å². The molecular weight excluding hydrogens is 206 g/mol. The van der Waals surface area contributed by atoms with E-state index >= 15 is 0 Å². The van der Waals surface area contributed by atoms with Crippen LogP contribution >= 0.6 is 0 Å². The fraction of sp³-hybridized carbons (Fsp3) is 0.875. The minimum Gasteiger partial charge on any atom is -0.396 e. The average molecular weight is 223 g/mol. The number of aliphatic hydroxyl groups excluding tert-OH is 4. The van der Waals surface area contributed by atoms with Gasteiger partial charge in [-0.3, -0.25) is 4.79 Å². The highest BCUT2D eigenvalue weighted by molar-refractivity contribution is 5.65. The lowest BCUT2D eigenvalue weighted by Gasteiger charge is -2.29. The van der Waals surface area contributed by atoms with E-state index in [1.165, 1.54) is 0 Å². The number of hydrogen-bond acceptors (Lipinski definition) is 7. The van der Waals surface area contributed by atoms with E-state index in [0.29, 0.717) is 5.06 Å². The number of hydrogen-bond donors (Lipinski definition) is 4. The van der Waals surface area contributed by atoms with Crippen molar-refractivity contribution < 1.29 is 30.1 Å². The first-order valence-corrected chi connectivity index (χ1v) is 4.57. The van der Waals surface area contributed by atoms with Gasteiger partial charge in [-0.1, -0.05) is 5.06 Å². The Morgan fingerprint density at radius 3 is 1.87 bits per heavy atom. The van der Waals surface area contributed by atoms with Crippen LogP contribution in [0.5, 0.6) is 0 Å². The lowest BCUT2D eigenvalue weighted by atomic mass is 10.3. The summed E-state index contributed by atoms with van der Waals surface area (Å²) in [5.74, 6) is -0.705. The van der Waals surface area contributed by atoms with Crippen LogP contribution in [0.25, 0.3) is 0 Å². The third-order valence-electron chi connectivity index (χ3n) is 1.60. The number of nitrogens with zero attached hydrogens (tertiary/aromatic N) is 1. The predicted octanol–water partition coefficient (Wildman–Crippen LogP) is -1.83. The van der Waals surface area contributed by atoms with Gasteiger partial charge in [0.25, 0.3) is 0 Å². The Hall–Kier alpha value is -0.730. The van der Waals surface area contributed by atoms with Gasteiger partial charge < -0.3 is 25.3 Å². The zero-order valence-corrected chi connectivity index (χ0v) is 8.54. The topological polar surface area (TPSA) is 110 Å². The molecular formula is C8H17NO6. The maximum absolute atomic E-state index is 10.7. The van der Waals surface area contributed by atoms with Gasteiger partial charge in [-0.15, -0.1) is 0 Å². The summed E-state index contributed by atoms with van der Waals surface area (Å²) in [6.45, 7) is 0.486. The molecule has 0 bridgehead atoms. The van der Waals surface area contributed by atoms with E-state index in [2.05, 4.69) is 4.84 Å². The molecule has 0 heterocycles. The van der Waals surface area contributed by atoms with Gasteiger partial charge >= 0.3 is 5.97 Å². The van der Waals surface area contributed by atoms with Crippen molar-refractivity contribution >= 4 is 5.97 Å². The minimum atomic E-state index is -1.31. The van der Waals surface area contributed by atoms with E-state index in [1.54, 1.807) is 0 Å². The van der Waals surface area contributed by atoms with Crippen LogP contribution in [0.2, 0.25) is 0 Å². The lowest BCUT2D eigenvalue weighted by Crippen LogP contribution is -2.45. The number of carbonyl (C=O) groups is 1. The fourth-order valence-corrected chi connectivity index (χ4v) is 0.954. The first kappa shape index (κ1) is 14.3. The molecule has 0 amide bonds. The zero-order valence-electron chi connectivity index (χ0n) is 8.54. The second kappa shape index (κ2) is 7.55. The van der Waals surface area contributed by atoms with Gasteiger partial charge in [-0.05, 0) is 0 Å². The molecule has 7 heteroatoms. The molecule has 0 aliphatic rings. The number of rotatable bonds is 7. The molecule has 4 N–H and O–H groups in total. The molecule has 0 spiro atoms. The Bertz CT molecular complexity index is 176. The first-order valence-electron chi connectivity index (χ1n) is 4.57. The Kier molecular flexibility index (Phi) is 7.18. The van der Waals surface area contributed by atoms with Gasteiger partial charge in [0.15, 0.2) is 0 Å². The van der Waals surface area contributed by atoms with Crippen molar-refractivity contribution in [3.8, 4) is 0 Å². The standard InChI is InChI=1S/C8H17NO6/c1-6(12)15-9(7(13)2-4-10)8(14)3-5-11/h7-8,10-11,13-14H,2-5H2,1H3. The Balaban J connectivity index is 4.34. The maximum Gasteiger partial charge on any atom is 0.322 e. The Labute approximate surface area is 87.5 Å². The Morgan fingerprint density at radius 2 is 1.60 bits per heavy atom. The molecule has 7 nitrogen and oxygen atoms in total. The molecule has 0 aliphatic heterocycles. The number of hydroxylamine groups is 2. The highest BCUT2D eigenvalue weighted by atomic mass is 16.7. The largest absolute Gasteiger partial charge is 0.396 e. The third kappa shape index (κ3) is 5.65. The van der Waals surface area contributed by atoms with Crippen molar-refractivity contribution in [1.29, 1.82) is 0 Å². The summed E-state index contributed by atoms with van der Waals surface area (Å²) in [5.41, 5.74) is 0. The zero-order chi connectivity index (χ0) is 11.8. The lowest BCUT2D eigenvalue weighted by molar-refractivity contribution is -0.287. The van der Waals surface area contributed by atoms with Crippen molar-refractivity contribution in [3.05, 3.63) is 0 Å². The second-order valence-electron chi connectivity index (χ2n) is 2.93. The van der Waals surface area contributed by atoms with Crippen LogP contribution in [0.1, 0.15) is 19.8 Å².